The van der Waals surface area contributed by atoms with Gasteiger partial charge in [-0.25, -0.2) is 9.97 Å². The average Bonchev–Trinajstić information content (AvgIpc) is 3.86. The highest BCUT2D eigenvalue weighted by Crippen LogP contribution is 2.42. The molecule has 0 N–H and O–H groups in total. The molecule has 0 fully saturated rings. The molecule has 0 amide bonds. The second-order valence-electron chi connectivity index (χ2n) is 14.0. The number of nitrogens with zero attached hydrogens (tertiary/aromatic N) is 3. The van der Waals surface area contributed by atoms with Crippen LogP contribution in [0.5, 0.6) is 0 Å². The molecule has 11 aromatic rings. The van der Waals surface area contributed by atoms with Gasteiger partial charge in [-0.2, -0.15) is 0 Å². The van der Waals surface area contributed by atoms with Gasteiger partial charge in [0.05, 0.1) is 11.4 Å². The van der Waals surface area contributed by atoms with E-state index in [4.69, 9.17) is 18.8 Å². The molecule has 5 heteroatoms. The number of rotatable bonds is 6. The van der Waals surface area contributed by atoms with E-state index in [0.29, 0.717) is 5.82 Å². The van der Waals surface area contributed by atoms with Crippen molar-refractivity contribution in [1.29, 1.82) is 0 Å². The molecule has 11 rings (SSSR count). The highest BCUT2D eigenvalue weighted by Gasteiger charge is 2.19. The molecule has 0 radical (unpaired) electrons. The molecule has 0 spiro atoms. The van der Waals surface area contributed by atoms with Gasteiger partial charge in [-0.05, 0) is 76.9 Å². The zero-order valence-corrected chi connectivity index (χ0v) is 30.1. The van der Waals surface area contributed by atoms with Crippen molar-refractivity contribution < 1.29 is 8.83 Å². The van der Waals surface area contributed by atoms with E-state index in [-0.39, 0.29) is 0 Å². The summed E-state index contributed by atoms with van der Waals surface area (Å²) >= 11 is 0. The Hall–Kier alpha value is -7.63. The van der Waals surface area contributed by atoms with Crippen molar-refractivity contribution in [3.8, 4) is 67.3 Å². The first kappa shape index (κ1) is 31.9. The zero-order chi connectivity index (χ0) is 37.0. The molecule has 0 aliphatic carbocycles. The van der Waals surface area contributed by atoms with E-state index in [1.807, 2.05) is 67.0 Å². The molecule has 0 aliphatic heterocycles. The minimum absolute atomic E-state index is 0.642. The number of furan rings is 2. The van der Waals surface area contributed by atoms with E-state index in [1.165, 1.54) is 0 Å². The minimum atomic E-state index is 0.642. The van der Waals surface area contributed by atoms with Crippen molar-refractivity contribution in [1.82, 2.24) is 15.0 Å². The van der Waals surface area contributed by atoms with Crippen molar-refractivity contribution in [3.63, 3.8) is 0 Å². The van der Waals surface area contributed by atoms with Gasteiger partial charge in [-0.3, -0.25) is 4.98 Å². The van der Waals surface area contributed by atoms with Crippen LogP contribution >= 0.6 is 0 Å². The van der Waals surface area contributed by atoms with Crippen LogP contribution in [-0.4, -0.2) is 15.0 Å². The lowest BCUT2D eigenvalue weighted by molar-refractivity contribution is 0.670. The fourth-order valence-corrected chi connectivity index (χ4v) is 7.90. The molecule has 0 bridgehead atoms. The third-order valence-corrected chi connectivity index (χ3v) is 10.6. The third kappa shape index (κ3) is 5.45. The normalized spacial score (nSPS) is 11.6. The molecule has 0 aliphatic rings. The van der Waals surface area contributed by atoms with Gasteiger partial charge in [-0.1, -0.05) is 121 Å². The molecular weight excluding hydrogens is 687 g/mol. The molecule has 0 unspecified atom stereocenters. The number of para-hydroxylation sites is 4. The molecule has 5 nitrogen and oxygen atoms in total. The van der Waals surface area contributed by atoms with Crippen LogP contribution in [0.4, 0.5) is 0 Å². The Bertz CT molecular complexity index is 3120. The number of hydrogen-bond donors (Lipinski definition) is 0. The highest BCUT2D eigenvalue weighted by molar-refractivity contribution is 6.11. The van der Waals surface area contributed by atoms with E-state index in [1.54, 1.807) is 0 Å². The number of fused-ring (bicyclic) bond motifs is 6. The molecule has 0 atom stereocenters. The smallest absolute Gasteiger partial charge is 0.160 e. The van der Waals surface area contributed by atoms with Gasteiger partial charge in [0.25, 0.3) is 0 Å². The van der Waals surface area contributed by atoms with Crippen LogP contribution in [-0.2, 0) is 0 Å². The van der Waals surface area contributed by atoms with E-state index < -0.39 is 0 Å². The summed E-state index contributed by atoms with van der Waals surface area (Å²) in [5.74, 6) is 0.642. The van der Waals surface area contributed by atoms with Crippen molar-refractivity contribution >= 4 is 43.9 Å². The standard InChI is InChI=1S/C51H31N3O2/c1-2-11-33(12-3-1)45-31-46(54-51(53-45)35-14-8-13-34(27-35)32-23-25-52-26-24-32)38-29-36(39-17-9-19-43-41-15-4-6-21-47(41)55-49(39)43)28-37(30-38)40-18-10-20-44-42-16-5-7-22-48(42)56-50(40)44/h1-31H. The SMILES string of the molecule is c1ccc(-c2cc(-c3cc(-c4cccc5c4oc4ccccc45)cc(-c4cccc5c4oc4ccccc45)c3)nc(-c3cccc(-c4ccncc4)c3)n2)cc1. The van der Waals surface area contributed by atoms with Crippen molar-refractivity contribution in [2.75, 3.05) is 0 Å². The number of pyridine rings is 1. The first-order valence-electron chi connectivity index (χ1n) is 18.7. The molecule has 4 aromatic heterocycles. The van der Waals surface area contributed by atoms with Gasteiger partial charge in [-0.15, -0.1) is 0 Å². The Morgan fingerprint density at radius 1 is 0.321 bits per heavy atom. The second kappa shape index (κ2) is 13.0. The molecular formula is C51H31N3O2. The molecule has 4 heterocycles. The van der Waals surface area contributed by atoms with E-state index in [2.05, 4.69) is 126 Å². The summed E-state index contributed by atoms with van der Waals surface area (Å²) in [6.45, 7) is 0. The molecule has 7 aromatic carbocycles. The molecule has 262 valence electrons. The minimum Gasteiger partial charge on any atom is -0.455 e. The maximum atomic E-state index is 6.59. The summed E-state index contributed by atoms with van der Waals surface area (Å²) in [5.41, 5.74) is 14.1. The highest BCUT2D eigenvalue weighted by atomic mass is 16.3. The van der Waals surface area contributed by atoms with Crippen molar-refractivity contribution in [2.45, 2.75) is 0 Å². The summed E-state index contributed by atoms with van der Waals surface area (Å²) in [7, 11) is 0. The zero-order valence-electron chi connectivity index (χ0n) is 30.1. The summed E-state index contributed by atoms with van der Waals surface area (Å²) in [4.78, 5) is 14.7. The Kier molecular flexibility index (Phi) is 7.42. The fourth-order valence-electron chi connectivity index (χ4n) is 7.90. The maximum absolute atomic E-state index is 6.59. The van der Waals surface area contributed by atoms with Gasteiger partial charge >= 0.3 is 0 Å². The van der Waals surface area contributed by atoms with E-state index in [0.717, 1.165) is 105 Å². The largest absolute Gasteiger partial charge is 0.455 e. The van der Waals surface area contributed by atoms with Crippen LogP contribution < -0.4 is 0 Å². The molecule has 0 saturated heterocycles. The number of hydrogen-bond acceptors (Lipinski definition) is 5. The Labute approximate surface area is 322 Å². The average molecular weight is 718 g/mol. The van der Waals surface area contributed by atoms with Crippen LogP contribution in [0.2, 0.25) is 0 Å². The van der Waals surface area contributed by atoms with Crippen LogP contribution in [0.3, 0.4) is 0 Å². The lowest BCUT2D eigenvalue weighted by Gasteiger charge is -2.14. The monoisotopic (exact) mass is 717 g/mol. The number of aromatic nitrogens is 3. The Morgan fingerprint density at radius 2 is 0.804 bits per heavy atom. The van der Waals surface area contributed by atoms with Crippen LogP contribution in [0.1, 0.15) is 0 Å². The predicted octanol–water partition coefficient (Wildman–Crippen LogP) is 13.7. The van der Waals surface area contributed by atoms with Crippen molar-refractivity contribution in [3.05, 3.63) is 188 Å². The first-order chi connectivity index (χ1) is 27.7. The van der Waals surface area contributed by atoms with E-state index in [9.17, 15) is 0 Å². The summed E-state index contributed by atoms with van der Waals surface area (Å²) in [5, 5.41) is 4.34. The molecule has 56 heavy (non-hydrogen) atoms. The van der Waals surface area contributed by atoms with Gasteiger partial charge < -0.3 is 8.83 Å². The molecule has 0 saturated carbocycles. The maximum Gasteiger partial charge on any atom is 0.160 e. The quantitative estimate of drug-likeness (QED) is 0.171. The van der Waals surface area contributed by atoms with Crippen LogP contribution in [0, 0.1) is 0 Å². The van der Waals surface area contributed by atoms with Crippen LogP contribution in [0.15, 0.2) is 197 Å². The predicted molar refractivity (Wildman–Crippen MR) is 227 cm³/mol. The summed E-state index contributed by atoms with van der Waals surface area (Å²) in [6, 6.07) is 60.7. The Morgan fingerprint density at radius 3 is 1.45 bits per heavy atom. The van der Waals surface area contributed by atoms with Crippen LogP contribution in [0.25, 0.3) is 111 Å². The fraction of sp³-hybridized carbons (Fsp3) is 0. The summed E-state index contributed by atoms with van der Waals surface area (Å²) in [6.07, 6.45) is 3.63. The Balaban J connectivity index is 1.17. The van der Waals surface area contributed by atoms with Crippen molar-refractivity contribution in [2.24, 2.45) is 0 Å². The summed E-state index contributed by atoms with van der Waals surface area (Å²) < 4.78 is 13.2. The van der Waals surface area contributed by atoms with Gasteiger partial charge in [0.1, 0.15) is 22.3 Å². The lowest BCUT2D eigenvalue weighted by Crippen LogP contribution is -1.97. The third-order valence-electron chi connectivity index (χ3n) is 10.6. The number of benzene rings is 7. The van der Waals surface area contributed by atoms with E-state index >= 15 is 0 Å². The second-order valence-corrected chi connectivity index (χ2v) is 14.0. The lowest BCUT2D eigenvalue weighted by atomic mass is 9.93. The van der Waals surface area contributed by atoms with Gasteiger partial charge in [0, 0.05) is 61.8 Å². The van der Waals surface area contributed by atoms with Gasteiger partial charge in [0.2, 0.25) is 0 Å². The topological polar surface area (TPSA) is 65.0 Å². The first-order valence-corrected chi connectivity index (χ1v) is 18.7. The van der Waals surface area contributed by atoms with Gasteiger partial charge in [0.15, 0.2) is 5.82 Å².